The molecule has 0 unspecified atom stereocenters. The minimum absolute atomic E-state index is 0.0939. The van der Waals surface area contributed by atoms with Crippen molar-refractivity contribution in [2.75, 3.05) is 19.6 Å². The number of likely N-dealkylation sites (tertiary alicyclic amines) is 1. The Morgan fingerprint density at radius 1 is 1.11 bits per heavy atom. The second-order valence-corrected chi connectivity index (χ2v) is 8.07. The minimum atomic E-state index is -0.416. The minimum Gasteiger partial charge on any atom is -0.444 e. The van der Waals surface area contributed by atoms with Crippen LogP contribution in [0.3, 0.4) is 0 Å². The van der Waals surface area contributed by atoms with E-state index in [2.05, 4.69) is 44.5 Å². The van der Waals surface area contributed by atoms with Gasteiger partial charge >= 0.3 is 0 Å². The van der Waals surface area contributed by atoms with Gasteiger partial charge in [0, 0.05) is 13.1 Å². The highest BCUT2D eigenvalue weighted by molar-refractivity contribution is 9.10. The van der Waals surface area contributed by atoms with Crippen LogP contribution < -0.4 is 10.6 Å². The summed E-state index contributed by atoms with van der Waals surface area (Å²) in [5.41, 5.74) is 2.34. The summed E-state index contributed by atoms with van der Waals surface area (Å²) in [7, 11) is 0. The summed E-state index contributed by atoms with van der Waals surface area (Å²) in [6, 6.07) is 11.4. The number of benzene rings is 1. The zero-order chi connectivity index (χ0) is 19.9. The Morgan fingerprint density at radius 3 is 2.50 bits per heavy atom. The zero-order valence-electron chi connectivity index (χ0n) is 16.0. The predicted molar refractivity (Wildman–Crippen MR) is 111 cm³/mol. The van der Waals surface area contributed by atoms with Crippen molar-refractivity contribution in [3.63, 3.8) is 0 Å². The molecule has 6 nitrogen and oxygen atoms in total. The first-order valence-electron chi connectivity index (χ1n) is 9.60. The van der Waals surface area contributed by atoms with E-state index >= 15 is 0 Å². The van der Waals surface area contributed by atoms with Gasteiger partial charge in [0.05, 0.1) is 6.54 Å². The lowest BCUT2D eigenvalue weighted by Gasteiger charge is -2.30. The Bertz CT molecular complexity index is 813. The lowest BCUT2D eigenvalue weighted by molar-refractivity contribution is -0.120. The summed E-state index contributed by atoms with van der Waals surface area (Å²) in [4.78, 5) is 26.5. The van der Waals surface area contributed by atoms with Gasteiger partial charge < -0.3 is 15.1 Å². The number of furan rings is 1. The van der Waals surface area contributed by atoms with Crippen molar-refractivity contribution in [3.8, 4) is 0 Å². The standard InChI is InChI=1S/C21H26BrN3O3/c1-15-8-10-25(11-9-15)14-17-5-3-2-4-16(17)12-23-20(26)13-24-21(27)18-6-7-19(22)28-18/h2-7,15H,8-14H2,1H3,(H,23,26)(H,24,27). The van der Waals surface area contributed by atoms with Gasteiger partial charge in [-0.15, -0.1) is 0 Å². The third-order valence-electron chi connectivity index (χ3n) is 5.07. The second-order valence-electron chi connectivity index (χ2n) is 7.29. The number of hydrogen-bond acceptors (Lipinski definition) is 4. The molecule has 1 aliphatic heterocycles. The Morgan fingerprint density at radius 2 is 1.82 bits per heavy atom. The molecular weight excluding hydrogens is 422 g/mol. The summed E-state index contributed by atoms with van der Waals surface area (Å²) >= 11 is 3.15. The van der Waals surface area contributed by atoms with Crippen molar-refractivity contribution in [1.82, 2.24) is 15.5 Å². The molecule has 0 bridgehead atoms. The molecule has 28 heavy (non-hydrogen) atoms. The molecule has 150 valence electrons. The number of carbonyl (C=O) groups excluding carboxylic acids is 2. The van der Waals surface area contributed by atoms with Gasteiger partial charge in [0.2, 0.25) is 5.91 Å². The van der Waals surface area contributed by atoms with E-state index in [0.29, 0.717) is 11.2 Å². The molecule has 1 aromatic heterocycles. The summed E-state index contributed by atoms with van der Waals surface area (Å²) in [5, 5.41) is 5.44. The highest BCUT2D eigenvalue weighted by atomic mass is 79.9. The molecule has 2 N–H and O–H groups in total. The van der Waals surface area contributed by atoms with Crippen molar-refractivity contribution in [2.24, 2.45) is 5.92 Å². The maximum atomic E-state index is 12.1. The smallest absolute Gasteiger partial charge is 0.287 e. The van der Waals surface area contributed by atoms with Gasteiger partial charge in [0.15, 0.2) is 10.4 Å². The van der Waals surface area contributed by atoms with Crippen LogP contribution in [0.15, 0.2) is 45.5 Å². The van der Waals surface area contributed by atoms with Crippen LogP contribution >= 0.6 is 15.9 Å². The molecule has 0 radical (unpaired) electrons. The SMILES string of the molecule is CC1CCN(Cc2ccccc2CNC(=O)CNC(=O)c2ccc(Br)o2)CC1. The Hall–Kier alpha value is -2.12. The lowest BCUT2D eigenvalue weighted by atomic mass is 9.98. The molecule has 0 atom stereocenters. The van der Waals surface area contributed by atoms with Crippen LogP contribution in [0.2, 0.25) is 0 Å². The van der Waals surface area contributed by atoms with Crippen molar-refractivity contribution < 1.29 is 14.0 Å². The van der Waals surface area contributed by atoms with Crippen LogP contribution in [0.4, 0.5) is 0 Å². The van der Waals surface area contributed by atoms with Crippen molar-refractivity contribution in [1.29, 1.82) is 0 Å². The number of halogens is 1. The summed E-state index contributed by atoms with van der Waals surface area (Å²) < 4.78 is 5.64. The van der Waals surface area contributed by atoms with Crippen molar-refractivity contribution in [3.05, 3.63) is 58.0 Å². The first-order chi connectivity index (χ1) is 13.5. The quantitative estimate of drug-likeness (QED) is 0.682. The van der Waals surface area contributed by atoms with E-state index in [1.807, 2.05) is 18.2 Å². The van der Waals surface area contributed by atoms with Gasteiger partial charge in [-0.3, -0.25) is 14.5 Å². The van der Waals surface area contributed by atoms with Crippen molar-refractivity contribution >= 4 is 27.7 Å². The largest absolute Gasteiger partial charge is 0.444 e. The number of piperidine rings is 1. The van der Waals surface area contributed by atoms with Gasteiger partial charge in [-0.2, -0.15) is 0 Å². The van der Waals surface area contributed by atoms with Crippen LogP contribution in [0.5, 0.6) is 0 Å². The Labute approximate surface area is 173 Å². The van der Waals surface area contributed by atoms with Crippen LogP contribution in [0, 0.1) is 5.92 Å². The first kappa shape index (κ1) is 20.6. The van der Waals surface area contributed by atoms with Gasteiger partial charge in [-0.05, 0) is 71.0 Å². The lowest BCUT2D eigenvalue weighted by Crippen LogP contribution is -2.37. The molecule has 1 fully saturated rings. The van der Waals surface area contributed by atoms with Gasteiger partial charge in [0.1, 0.15) is 0 Å². The number of nitrogens with one attached hydrogen (secondary N) is 2. The number of carbonyl (C=O) groups is 2. The molecule has 7 heteroatoms. The summed E-state index contributed by atoms with van der Waals surface area (Å²) in [6.07, 6.45) is 2.48. The van der Waals surface area contributed by atoms with E-state index in [1.54, 1.807) is 12.1 Å². The number of nitrogens with zero attached hydrogens (tertiary/aromatic N) is 1. The molecule has 0 saturated carbocycles. The molecule has 1 aromatic carbocycles. The van der Waals surface area contributed by atoms with E-state index in [4.69, 9.17) is 4.42 Å². The zero-order valence-corrected chi connectivity index (χ0v) is 17.6. The van der Waals surface area contributed by atoms with Gasteiger partial charge in [-0.1, -0.05) is 31.2 Å². The molecule has 0 spiro atoms. The number of rotatable bonds is 7. The fourth-order valence-electron chi connectivity index (χ4n) is 3.29. The van der Waals surface area contributed by atoms with Crippen LogP contribution in [0.25, 0.3) is 0 Å². The first-order valence-corrected chi connectivity index (χ1v) is 10.4. The Balaban J connectivity index is 1.47. The fraction of sp³-hybridized carbons (Fsp3) is 0.429. The highest BCUT2D eigenvalue weighted by Gasteiger charge is 2.17. The normalized spacial score (nSPS) is 15.4. The molecule has 1 saturated heterocycles. The molecule has 2 heterocycles. The van der Waals surface area contributed by atoms with Gasteiger partial charge in [0.25, 0.3) is 5.91 Å². The van der Waals surface area contributed by atoms with Crippen molar-refractivity contribution in [2.45, 2.75) is 32.9 Å². The maximum absolute atomic E-state index is 12.1. The van der Waals surface area contributed by atoms with Crippen LogP contribution in [-0.2, 0) is 17.9 Å². The van der Waals surface area contributed by atoms with Crippen LogP contribution in [-0.4, -0.2) is 36.3 Å². The van der Waals surface area contributed by atoms with E-state index in [9.17, 15) is 9.59 Å². The monoisotopic (exact) mass is 447 g/mol. The molecule has 1 aliphatic rings. The average molecular weight is 448 g/mol. The van der Waals surface area contributed by atoms with E-state index in [-0.39, 0.29) is 18.2 Å². The molecule has 3 rings (SSSR count). The average Bonchev–Trinajstić information content (AvgIpc) is 3.13. The third kappa shape index (κ3) is 5.94. The molecular formula is C21H26BrN3O3. The van der Waals surface area contributed by atoms with Crippen LogP contribution in [0.1, 0.15) is 41.4 Å². The number of hydrogen-bond donors (Lipinski definition) is 2. The highest BCUT2D eigenvalue weighted by Crippen LogP contribution is 2.19. The van der Waals surface area contributed by atoms with E-state index in [1.165, 1.54) is 18.4 Å². The maximum Gasteiger partial charge on any atom is 0.287 e. The Kier molecular flexibility index (Phi) is 7.28. The third-order valence-corrected chi connectivity index (χ3v) is 5.50. The summed E-state index contributed by atoms with van der Waals surface area (Å²) in [6.45, 7) is 5.81. The molecule has 2 aromatic rings. The summed E-state index contributed by atoms with van der Waals surface area (Å²) in [5.74, 6) is 0.324. The predicted octanol–water partition coefficient (Wildman–Crippen LogP) is 3.32. The molecule has 2 amide bonds. The second kappa shape index (κ2) is 9.89. The topological polar surface area (TPSA) is 74.6 Å². The van der Waals surface area contributed by atoms with Gasteiger partial charge in [-0.25, -0.2) is 0 Å². The number of amides is 2. The van der Waals surface area contributed by atoms with E-state index < -0.39 is 5.91 Å². The fourth-order valence-corrected chi connectivity index (χ4v) is 3.59. The van der Waals surface area contributed by atoms with E-state index in [0.717, 1.165) is 31.1 Å². The molecule has 0 aliphatic carbocycles.